The number of hydrogen-bond donors (Lipinski definition) is 2. The zero-order valence-electron chi connectivity index (χ0n) is 19.9. The Kier molecular flexibility index (Phi) is 5.79. The third-order valence-corrected chi connectivity index (χ3v) is 5.78. The van der Waals surface area contributed by atoms with Crippen LogP contribution >= 0.6 is 0 Å². The van der Waals surface area contributed by atoms with E-state index in [2.05, 4.69) is 32.7 Å². The summed E-state index contributed by atoms with van der Waals surface area (Å²) in [7, 11) is 0. The maximum absolute atomic E-state index is 13.2. The summed E-state index contributed by atoms with van der Waals surface area (Å²) in [6.45, 7) is 9.69. The predicted molar refractivity (Wildman–Crippen MR) is 132 cm³/mol. The number of pyridine rings is 1. The van der Waals surface area contributed by atoms with E-state index >= 15 is 0 Å². The molecule has 5 rings (SSSR count). The molecule has 0 saturated heterocycles. The van der Waals surface area contributed by atoms with E-state index in [-0.39, 0.29) is 17.7 Å². The third-order valence-electron chi connectivity index (χ3n) is 5.78. The Labute approximate surface area is 197 Å². The molecular formula is C25H29N7O2. The van der Waals surface area contributed by atoms with Gasteiger partial charge in [-0.05, 0) is 70.0 Å². The number of rotatable bonds is 6. The topological polar surface area (TPSA) is 98.9 Å². The molecule has 3 aromatic heterocycles. The molecule has 9 nitrogen and oxygen atoms in total. The standard InChI is InChI=1S/C25H29N7O2/c1-15(2)31-24(33)21-14-28-25(29-19-6-5-17-7-9-26-13-18(17)11-19)30-23(21)32(31)20-8-10-27-22(12-20)34-16(3)4/h5-6,8,10-12,14-16,26H,7,9,13H2,1-4H3,(H,28,29,30). The maximum Gasteiger partial charge on any atom is 0.278 e. The Morgan fingerprint density at radius 3 is 2.74 bits per heavy atom. The Balaban J connectivity index is 1.60. The van der Waals surface area contributed by atoms with Crippen molar-refractivity contribution >= 4 is 22.7 Å². The van der Waals surface area contributed by atoms with Gasteiger partial charge in [-0.15, -0.1) is 0 Å². The van der Waals surface area contributed by atoms with Gasteiger partial charge in [0, 0.05) is 36.7 Å². The molecule has 1 aromatic carbocycles. The molecule has 0 spiro atoms. The van der Waals surface area contributed by atoms with Crippen LogP contribution in [0, 0.1) is 0 Å². The summed E-state index contributed by atoms with van der Waals surface area (Å²) in [5, 5.41) is 7.17. The lowest BCUT2D eigenvalue weighted by Crippen LogP contribution is -2.24. The zero-order valence-corrected chi connectivity index (χ0v) is 19.9. The van der Waals surface area contributed by atoms with Gasteiger partial charge in [-0.1, -0.05) is 6.07 Å². The summed E-state index contributed by atoms with van der Waals surface area (Å²) in [6, 6.07) is 9.89. The van der Waals surface area contributed by atoms with Crippen LogP contribution in [0.25, 0.3) is 16.7 Å². The Hall–Kier alpha value is -3.72. The van der Waals surface area contributed by atoms with Gasteiger partial charge < -0.3 is 15.4 Å². The lowest BCUT2D eigenvalue weighted by molar-refractivity contribution is 0.232. The molecule has 0 saturated carbocycles. The first-order chi connectivity index (χ1) is 16.4. The van der Waals surface area contributed by atoms with Gasteiger partial charge >= 0.3 is 0 Å². The Morgan fingerprint density at radius 2 is 1.94 bits per heavy atom. The molecule has 0 aliphatic carbocycles. The molecule has 4 aromatic rings. The van der Waals surface area contributed by atoms with Crippen molar-refractivity contribution < 1.29 is 4.74 Å². The highest BCUT2D eigenvalue weighted by atomic mass is 16.5. The SMILES string of the molecule is CC(C)Oc1cc(-n2c3nc(Nc4ccc5c(c4)CNCC5)ncc3c(=O)n2C(C)C)ccn1. The Bertz CT molecular complexity index is 1400. The van der Waals surface area contributed by atoms with Gasteiger partial charge in [0.25, 0.3) is 5.56 Å². The molecule has 0 fully saturated rings. The highest BCUT2D eigenvalue weighted by Gasteiger charge is 2.20. The van der Waals surface area contributed by atoms with Gasteiger partial charge in [-0.3, -0.25) is 4.79 Å². The number of hydrogen-bond acceptors (Lipinski definition) is 7. The smallest absolute Gasteiger partial charge is 0.278 e. The first-order valence-electron chi connectivity index (χ1n) is 11.6. The van der Waals surface area contributed by atoms with Crippen LogP contribution < -0.4 is 20.9 Å². The largest absolute Gasteiger partial charge is 0.475 e. The first-order valence-corrected chi connectivity index (χ1v) is 11.6. The highest BCUT2D eigenvalue weighted by Crippen LogP contribution is 2.24. The van der Waals surface area contributed by atoms with Crippen LogP contribution in [0.2, 0.25) is 0 Å². The summed E-state index contributed by atoms with van der Waals surface area (Å²) in [5.74, 6) is 0.922. The summed E-state index contributed by atoms with van der Waals surface area (Å²) in [5.41, 5.74) is 4.68. The van der Waals surface area contributed by atoms with Crippen LogP contribution in [0.5, 0.6) is 5.88 Å². The van der Waals surface area contributed by atoms with Crippen molar-refractivity contribution in [3.63, 3.8) is 0 Å². The van der Waals surface area contributed by atoms with E-state index in [1.165, 1.54) is 11.1 Å². The van der Waals surface area contributed by atoms with Crippen molar-refractivity contribution in [1.82, 2.24) is 29.6 Å². The molecule has 0 atom stereocenters. The van der Waals surface area contributed by atoms with Crippen molar-refractivity contribution in [1.29, 1.82) is 0 Å². The average Bonchev–Trinajstić information content (AvgIpc) is 3.11. The maximum atomic E-state index is 13.2. The number of anilines is 2. The lowest BCUT2D eigenvalue weighted by atomic mass is 10.0. The minimum Gasteiger partial charge on any atom is -0.475 e. The molecular weight excluding hydrogens is 430 g/mol. The van der Waals surface area contributed by atoms with E-state index < -0.39 is 0 Å². The second-order valence-corrected chi connectivity index (χ2v) is 9.04. The fourth-order valence-corrected chi connectivity index (χ4v) is 4.30. The normalized spacial score (nSPS) is 13.5. The van der Waals surface area contributed by atoms with Gasteiger partial charge in [0.15, 0.2) is 5.65 Å². The van der Waals surface area contributed by atoms with E-state index in [1.807, 2.05) is 50.6 Å². The molecule has 176 valence electrons. The van der Waals surface area contributed by atoms with E-state index in [4.69, 9.17) is 9.72 Å². The number of nitrogens with one attached hydrogen (secondary N) is 2. The van der Waals surface area contributed by atoms with Gasteiger partial charge in [-0.25, -0.2) is 19.3 Å². The van der Waals surface area contributed by atoms with Crippen molar-refractivity contribution in [3.8, 4) is 11.6 Å². The van der Waals surface area contributed by atoms with Crippen LogP contribution in [0.1, 0.15) is 44.9 Å². The molecule has 4 heterocycles. The van der Waals surface area contributed by atoms with Gasteiger partial charge in [0.05, 0.1) is 11.8 Å². The molecule has 0 unspecified atom stereocenters. The monoisotopic (exact) mass is 459 g/mol. The second kappa shape index (κ2) is 8.90. The van der Waals surface area contributed by atoms with Crippen LogP contribution in [0.4, 0.5) is 11.6 Å². The van der Waals surface area contributed by atoms with E-state index in [0.717, 1.165) is 30.9 Å². The van der Waals surface area contributed by atoms with Crippen LogP contribution in [-0.2, 0) is 13.0 Å². The van der Waals surface area contributed by atoms with E-state index in [9.17, 15) is 4.79 Å². The number of fused-ring (bicyclic) bond motifs is 2. The van der Waals surface area contributed by atoms with Gasteiger partial charge in [0.2, 0.25) is 11.8 Å². The van der Waals surface area contributed by atoms with Crippen molar-refractivity contribution in [2.24, 2.45) is 0 Å². The minimum absolute atomic E-state index is 0.0126. The predicted octanol–water partition coefficient (Wildman–Crippen LogP) is 3.73. The second-order valence-electron chi connectivity index (χ2n) is 9.04. The number of benzene rings is 1. The van der Waals surface area contributed by atoms with Crippen molar-refractivity contribution in [3.05, 3.63) is 64.2 Å². The average molecular weight is 460 g/mol. The molecule has 0 radical (unpaired) electrons. The van der Waals surface area contributed by atoms with E-state index in [0.29, 0.717) is 22.9 Å². The summed E-state index contributed by atoms with van der Waals surface area (Å²) in [4.78, 5) is 26.7. The number of nitrogens with zero attached hydrogens (tertiary/aromatic N) is 5. The third kappa shape index (κ3) is 4.14. The highest BCUT2D eigenvalue weighted by molar-refractivity contribution is 5.77. The van der Waals surface area contributed by atoms with Crippen molar-refractivity contribution in [2.75, 3.05) is 11.9 Å². The van der Waals surface area contributed by atoms with Crippen LogP contribution in [0.15, 0.2) is 47.5 Å². The minimum atomic E-state index is -0.139. The Morgan fingerprint density at radius 1 is 1.09 bits per heavy atom. The summed E-state index contributed by atoms with van der Waals surface area (Å²) in [6.07, 6.45) is 4.29. The molecule has 1 aliphatic rings. The van der Waals surface area contributed by atoms with Gasteiger partial charge in [-0.2, -0.15) is 4.98 Å². The summed E-state index contributed by atoms with van der Waals surface area (Å²) >= 11 is 0. The van der Waals surface area contributed by atoms with Crippen LogP contribution in [-0.4, -0.2) is 37.0 Å². The number of ether oxygens (including phenoxy) is 1. The molecule has 1 aliphatic heterocycles. The summed E-state index contributed by atoms with van der Waals surface area (Å²) < 4.78 is 9.28. The quantitative estimate of drug-likeness (QED) is 0.453. The fourth-order valence-electron chi connectivity index (χ4n) is 4.30. The molecule has 0 bridgehead atoms. The molecule has 0 amide bonds. The van der Waals surface area contributed by atoms with Crippen molar-refractivity contribution in [2.45, 2.75) is 52.8 Å². The lowest BCUT2D eigenvalue weighted by Gasteiger charge is -2.18. The van der Waals surface area contributed by atoms with Gasteiger partial charge in [0.1, 0.15) is 5.39 Å². The first kappa shape index (κ1) is 22.1. The number of aromatic nitrogens is 5. The molecule has 2 N–H and O–H groups in total. The fraction of sp³-hybridized carbons (Fsp3) is 0.360. The zero-order chi connectivity index (χ0) is 23.8. The molecule has 34 heavy (non-hydrogen) atoms. The van der Waals surface area contributed by atoms with E-state index in [1.54, 1.807) is 17.1 Å². The molecule has 9 heteroatoms. The van der Waals surface area contributed by atoms with Crippen LogP contribution in [0.3, 0.4) is 0 Å².